The number of hydrogen-bond donors (Lipinski definition) is 2. The molecule has 0 saturated carbocycles. The predicted octanol–water partition coefficient (Wildman–Crippen LogP) is 5.96. The molecule has 0 aliphatic heterocycles. The minimum absolute atomic E-state index is 0.0429. The van der Waals surface area contributed by atoms with Gasteiger partial charge in [0.05, 0.1) is 19.2 Å². The second-order valence-corrected chi connectivity index (χ2v) is 7.99. The van der Waals surface area contributed by atoms with Gasteiger partial charge in [0.15, 0.2) is 11.5 Å². The molecule has 0 radical (unpaired) electrons. The normalized spacial score (nSPS) is 10.5. The van der Waals surface area contributed by atoms with E-state index in [9.17, 15) is 4.79 Å². The maximum absolute atomic E-state index is 12.1. The molecular weight excluding hydrogens is 452 g/mol. The Bertz CT molecular complexity index is 1170. The SMILES string of the molecule is C=CCCCOc1cc2c(Nc3cc(Cl)ccc3CNC(=O)CCC=C)ncnc2cc1OC. The number of ether oxygens (including phenoxy) is 2. The monoisotopic (exact) mass is 480 g/mol. The van der Waals surface area contributed by atoms with Crippen molar-refractivity contribution in [2.75, 3.05) is 19.0 Å². The summed E-state index contributed by atoms with van der Waals surface area (Å²) in [5.41, 5.74) is 2.31. The van der Waals surface area contributed by atoms with E-state index in [0.29, 0.717) is 53.8 Å². The second-order valence-electron chi connectivity index (χ2n) is 7.55. The minimum atomic E-state index is -0.0429. The number of nitrogens with zero attached hydrogens (tertiary/aromatic N) is 2. The standard InChI is InChI=1S/C26H29ClN4O3/c1-4-6-8-12-34-24-14-20-22(15-23(24)33-3)29-17-30-26(20)31-21-13-19(27)11-10-18(21)16-28-25(32)9-7-5-2/h4-5,10-11,13-15,17H,1-2,6-9,12,16H2,3H3,(H,28,32)(H,29,30,31). The Morgan fingerprint density at radius 2 is 1.94 bits per heavy atom. The van der Waals surface area contributed by atoms with Gasteiger partial charge in [0.1, 0.15) is 12.1 Å². The minimum Gasteiger partial charge on any atom is -0.493 e. The van der Waals surface area contributed by atoms with Crippen LogP contribution in [0.3, 0.4) is 0 Å². The quantitative estimate of drug-likeness (QED) is 0.232. The predicted molar refractivity (Wildman–Crippen MR) is 137 cm³/mol. The Morgan fingerprint density at radius 3 is 2.71 bits per heavy atom. The summed E-state index contributed by atoms with van der Waals surface area (Å²) < 4.78 is 11.4. The lowest BCUT2D eigenvalue weighted by Crippen LogP contribution is -2.22. The van der Waals surface area contributed by atoms with Crippen LogP contribution in [0, 0.1) is 0 Å². The van der Waals surface area contributed by atoms with Crippen LogP contribution in [0.25, 0.3) is 10.9 Å². The molecular formula is C26H29ClN4O3. The molecule has 0 bridgehead atoms. The van der Waals surface area contributed by atoms with Gasteiger partial charge in [-0.15, -0.1) is 13.2 Å². The molecule has 0 unspecified atom stereocenters. The van der Waals surface area contributed by atoms with E-state index in [1.165, 1.54) is 6.33 Å². The Labute approximate surface area is 204 Å². The van der Waals surface area contributed by atoms with E-state index < -0.39 is 0 Å². The number of nitrogens with one attached hydrogen (secondary N) is 2. The summed E-state index contributed by atoms with van der Waals surface area (Å²) in [5, 5.41) is 7.61. The second kappa shape index (κ2) is 12.6. The van der Waals surface area contributed by atoms with E-state index in [1.54, 1.807) is 25.3 Å². The van der Waals surface area contributed by atoms with Crippen molar-refractivity contribution in [3.63, 3.8) is 0 Å². The van der Waals surface area contributed by atoms with E-state index in [-0.39, 0.29) is 5.91 Å². The van der Waals surface area contributed by atoms with Gasteiger partial charge in [0.2, 0.25) is 5.91 Å². The van der Waals surface area contributed by atoms with Crippen molar-refractivity contribution < 1.29 is 14.3 Å². The fourth-order valence-electron chi connectivity index (χ4n) is 3.31. The third kappa shape index (κ3) is 6.71. The van der Waals surface area contributed by atoms with Crippen molar-refractivity contribution >= 4 is 39.9 Å². The zero-order chi connectivity index (χ0) is 24.3. The van der Waals surface area contributed by atoms with Gasteiger partial charge in [-0.1, -0.05) is 29.8 Å². The molecule has 0 atom stereocenters. The molecule has 8 heteroatoms. The number of anilines is 2. The number of allylic oxidation sites excluding steroid dienone is 2. The van der Waals surface area contributed by atoms with E-state index in [0.717, 1.165) is 29.5 Å². The van der Waals surface area contributed by atoms with E-state index in [1.807, 2.05) is 24.3 Å². The number of fused-ring (bicyclic) bond motifs is 1. The Balaban J connectivity index is 1.89. The summed E-state index contributed by atoms with van der Waals surface area (Å²) in [6.07, 6.45) is 7.82. The smallest absolute Gasteiger partial charge is 0.220 e. The van der Waals surface area contributed by atoms with Crippen molar-refractivity contribution in [3.05, 3.63) is 72.6 Å². The highest BCUT2D eigenvalue weighted by Gasteiger charge is 2.14. The van der Waals surface area contributed by atoms with Crippen molar-refractivity contribution in [1.29, 1.82) is 0 Å². The van der Waals surface area contributed by atoms with Crippen LogP contribution in [0.1, 0.15) is 31.2 Å². The van der Waals surface area contributed by atoms with Crippen molar-refractivity contribution in [2.24, 2.45) is 0 Å². The van der Waals surface area contributed by atoms with Crippen LogP contribution < -0.4 is 20.1 Å². The molecule has 1 amide bonds. The zero-order valence-electron chi connectivity index (χ0n) is 19.3. The lowest BCUT2D eigenvalue weighted by Gasteiger charge is -2.16. The maximum atomic E-state index is 12.1. The molecule has 0 saturated heterocycles. The fraction of sp³-hybridized carbons (Fsp3) is 0.269. The molecule has 7 nitrogen and oxygen atoms in total. The van der Waals surface area contributed by atoms with Crippen LogP contribution in [0.5, 0.6) is 11.5 Å². The largest absolute Gasteiger partial charge is 0.493 e. The third-order valence-electron chi connectivity index (χ3n) is 5.11. The fourth-order valence-corrected chi connectivity index (χ4v) is 3.48. The summed E-state index contributed by atoms with van der Waals surface area (Å²) in [6.45, 7) is 8.28. The maximum Gasteiger partial charge on any atom is 0.220 e. The van der Waals surface area contributed by atoms with Gasteiger partial charge in [-0.2, -0.15) is 0 Å². The number of methoxy groups -OCH3 is 1. The first-order valence-electron chi connectivity index (χ1n) is 11.0. The Kier molecular flexibility index (Phi) is 9.29. The highest BCUT2D eigenvalue weighted by molar-refractivity contribution is 6.30. The number of aromatic nitrogens is 2. The molecule has 0 aliphatic carbocycles. The third-order valence-corrected chi connectivity index (χ3v) is 5.34. The van der Waals surface area contributed by atoms with Crippen molar-refractivity contribution in [1.82, 2.24) is 15.3 Å². The van der Waals surface area contributed by atoms with Crippen LogP contribution in [0.4, 0.5) is 11.5 Å². The molecule has 1 aromatic heterocycles. The van der Waals surface area contributed by atoms with Crippen LogP contribution in [0.2, 0.25) is 5.02 Å². The summed E-state index contributed by atoms with van der Waals surface area (Å²) in [4.78, 5) is 20.9. The summed E-state index contributed by atoms with van der Waals surface area (Å²) in [5.74, 6) is 1.75. The average molecular weight is 481 g/mol. The number of hydrogen-bond acceptors (Lipinski definition) is 6. The number of carbonyl (C=O) groups is 1. The van der Waals surface area contributed by atoms with Gasteiger partial charge in [-0.05, 0) is 43.0 Å². The highest BCUT2D eigenvalue weighted by atomic mass is 35.5. The molecule has 0 spiro atoms. The average Bonchev–Trinajstić information content (AvgIpc) is 2.84. The molecule has 3 rings (SSSR count). The number of carbonyl (C=O) groups excluding carboxylic acids is 1. The van der Waals surface area contributed by atoms with Gasteiger partial charge in [0, 0.05) is 35.1 Å². The number of unbranched alkanes of at least 4 members (excludes halogenated alkanes) is 1. The lowest BCUT2D eigenvalue weighted by molar-refractivity contribution is -0.121. The lowest BCUT2D eigenvalue weighted by atomic mass is 10.1. The molecule has 2 N–H and O–H groups in total. The zero-order valence-corrected chi connectivity index (χ0v) is 20.0. The number of amides is 1. The van der Waals surface area contributed by atoms with E-state index in [4.69, 9.17) is 21.1 Å². The first kappa shape index (κ1) is 25.1. The number of rotatable bonds is 13. The van der Waals surface area contributed by atoms with Crippen LogP contribution >= 0.6 is 11.6 Å². The van der Waals surface area contributed by atoms with Gasteiger partial charge in [0.25, 0.3) is 0 Å². The van der Waals surface area contributed by atoms with Gasteiger partial charge >= 0.3 is 0 Å². The molecule has 34 heavy (non-hydrogen) atoms. The first-order valence-corrected chi connectivity index (χ1v) is 11.4. The first-order chi connectivity index (χ1) is 16.5. The molecule has 3 aromatic rings. The summed E-state index contributed by atoms with van der Waals surface area (Å²) >= 11 is 6.27. The topological polar surface area (TPSA) is 85.4 Å². The Morgan fingerprint density at radius 1 is 1.12 bits per heavy atom. The molecule has 0 fully saturated rings. The number of benzene rings is 2. The molecule has 2 aromatic carbocycles. The van der Waals surface area contributed by atoms with Gasteiger partial charge < -0.3 is 20.1 Å². The molecule has 0 aliphatic rings. The molecule has 1 heterocycles. The van der Waals surface area contributed by atoms with Crippen LogP contribution in [-0.4, -0.2) is 29.6 Å². The highest BCUT2D eigenvalue weighted by Crippen LogP contribution is 2.35. The van der Waals surface area contributed by atoms with E-state index >= 15 is 0 Å². The Hall–Kier alpha value is -3.58. The molecule has 178 valence electrons. The summed E-state index contributed by atoms with van der Waals surface area (Å²) in [7, 11) is 1.60. The van der Waals surface area contributed by atoms with Crippen LogP contribution in [0.15, 0.2) is 62.0 Å². The van der Waals surface area contributed by atoms with Crippen LogP contribution in [-0.2, 0) is 11.3 Å². The van der Waals surface area contributed by atoms with Crippen molar-refractivity contribution in [2.45, 2.75) is 32.2 Å². The van der Waals surface area contributed by atoms with Crippen molar-refractivity contribution in [3.8, 4) is 11.5 Å². The van der Waals surface area contributed by atoms with Gasteiger partial charge in [-0.25, -0.2) is 9.97 Å². The van der Waals surface area contributed by atoms with Gasteiger partial charge in [-0.3, -0.25) is 4.79 Å². The number of halogens is 1. The van der Waals surface area contributed by atoms with E-state index in [2.05, 4.69) is 33.8 Å². The summed E-state index contributed by atoms with van der Waals surface area (Å²) in [6, 6.07) is 9.15.